The van der Waals surface area contributed by atoms with Crippen molar-refractivity contribution >= 4 is 5.69 Å². The molecule has 5 heteroatoms. The second-order valence-electron chi connectivity index (χ2n) is 6.16. The Labute approximate surface area is 130 Å². The summed E-state index contributed by atoms with van der Waals surface area (Å²) >= 11 is 0. The van der Waals surface area contributed by atoms with Crippen molar-refractivity contribution in [1.29, 1.82) is 0 Å². The van der Waals surface area contributed by atoms with E-state index in [1.807, 2.05) is 0 Å². The van der Waals surface area contributed by atoms with Crippen molar-refractivity contribution in [2.45, 2.75) is 19.4 Å². The van der Waals surface area contributed by atoms with E-state index in [0.29, 0.717) is 6.04 Å². The summed E-state index contributed by atoms with van der Waals surface area (Å²) in [4.78, 5) is 15.9. The minimum Gasteiger partial charge on any atom is -0.370 e. The summed E-state index contributed by atoms with van der Waals surface area (Å²) < 4.78 is 0. The zero-order chi connectivity index (χ0) is 15.7. The Morgan fingerprint density at radius 1 is 1.27 bits per heavy atom. The number of hydrogen-bond donors (Lipinski definition) is 1. The Balaban J connectivity index is 1.84. The van der Waals surface area contributed by atoms with Crippen LogP contribution in [-0.2, 0) is 0 Å². The Hall–Kier alpha value is -2.14. The van der Waals surface area contributed by atoms with E-state index in [9.17, 15) is 4.79 Å². The van der Waals surface area contributed by atoms with E-state index in [1.165, 1.54) is 23.7 Å². The normalized spacial score (nSPS) is 18.2. The maximum atomic E-state index is 11.1. The topological polar surface area (TPSA) is 52.2 Å². The molecule has 1 saturated heterocycles. The van der Waals surface area contributed by atoms with E-state index in [0.717, 1.165) is 24.3 Å². The number of anilines is 1. The summed E-state index contributed by atoms with van der Waals surface area (Å²) in [5, 5.41) is 6.58. The zero-order valence-electron chi connectivity index (χ0n) is 13.3. The number of aryl methyl sites for hydroxylation is 1. The summed E-state index contributed by atoms with van der Waals surface area (Å²) in [6, 6.07) is 10.3. The largest absolute Gasteiger partial charge is 0.370 e. The van der Waals surface area contributed by atoms with Crippen molar-refractivity contribution in [3.8, 4) is 11.3 Å². The van der Waals surface area contributed by atoms with Gasteiger partial charge in [0.25, 0.3) is 5.56 Å². The standard InChI is InChI=1S/C17H22N4O/c1-12-10-13(15-5-7-17(22)19-18-15)4-6-16(12)21-9-8-14(11-21)20(2)3/h4-7,10,14H,8-9,11H2,1-3H3,(H,19,22)/t14-/m1/s1. The number of nitrogens with one attached hydrogen (secondary N) is 1. The van der Waals surface area contributed by atoms with Crippen molar-refractivity contribution in [3.63, 3.8) is 0 Å². The van der Waals surface area contributed by atoms with Crippen LogP contribution in [0.4, 0.5) is 5.69 Å². The van der Waals surface area contributed by atoms with Crippen molar-refractivity contribution in [3.05, 3.63) is 46.2 Å². The van der Waals surface area contributed by atoms with E-state index < -0.39 is 0 Å². The molecular weight excluding hydrogens is 276 g/mol. The summed E-state index contributed by atoms with van der Waals surface area (Å²) in [5.41, 5.74) is 4.18. The van der Waals surface area contributed by atoms with Crippen LogP contribution in [0.3, 0.4) is 0 Å². The molecule has 0 aliphatic carbocycles. The van der Waals surface area contributed by atoms with Gasteiger partial charge in [0.05, 0.1) is 5.69 Å². The van der Waals surface area contributed by atoms with Crippen molar-refractivity contribution in [2.24, 2.45) is 0 Å². The first-order valence-corrected chi connectivity index (χ1v) is 7.63. The fourth-order valence-electron chi connectivity index (χ4n) is 3.06. The molecule has 1 aromatic heterocycles. The van der Waals surface area contributed by atoms with Crippen LogP contribution in [0.2, 0.25) is 0 Å². The summed E-state index contributed by atoms with van der Waals surface area (Å²) in [7, 11) is 4.29. The predicted molar refractivity (Wildman–Crippen MR) is 89.3 cm³/mol. The van der Waals surface area contributed by atoms with Crippen molar-refractivity contribution < 1.29 is 0 Å². The molecule has 1 aliphatic rings. The third-order valence-electron chi connectivity index (χ3n) is 4.41. The molecule has 1 aliphatic heterocycles. The maximum Gasteiger partial charge on any atom is 0.264 e. The molecule has 0 bridgehead atoms. The molecule has 1 atom stereocenters. The highest BCUT2D eigenvalue weighted by atomic mass is 16.1. The SMILES string of the molecule is Cc1cc(-c2ccc(=O)[nH]n2)ccc1N1CC[C@@H](N(C)C)C1. The van der Waals surface area contributed by atoms with E-state index in [-0.39, 0.29) is 5.56 Å². The Morgan fingerprint density at radius 2 is 2.09 bits per heavy atom. The molecule has 22 heavy (non-hydrogen) atoms. The number of H-pyrrole nitrogens is 1. The first kappa shape index (κ1) is 14.8. The van der Waals surface area contributed by atoms with E-state index in [1.54, 1.807) is 6.07 Å². The van der Waals surface area contributed by atoms with Gasteiger partial charge in [-0.2, -0.15) is 5.10 Å². The Bertz CT molecular complexity index is 702. The second kappa shape index (κ2) is 5.93. The van der Waals surface area contributed by atoms with Crippen LogP contribution in [0.15, 0.2) is 35.1 Å². The summed E-state index contributed by atoms with van der Waals surface area (Å²) in [6.45, 7) is 4.30. The van der Waals surface area contributed by atoms with E-state index in [2.05, 4.69) is 59.2 Å². The molecule has 0 amide bonds. The minimum absolute atomic E-state index is 0.177. The lowest BCUT2D eigenvalue weighted by molar-refractivity contribution is 0.315. The molecule has 116 valence electrons. The molecule has 5 nitrogen and oxygen atoms in total. The van der Waals surface area contributed by atoms with Gasteiger partial charge in [-0.1, -0.05) is 6.07 Å². The first-order chi connectivity index (χ1) is 10.5. The number of benzene rings is 1. The third-order valence-corrected chi connectivity index (χ3v) is 4.41. The van der Waals surface area contributed by atoms with E-state index >= 15 is 0 Å². The van der Waals surface area contributed by atoms with Gasteiger partial charge < -0.3 is 9.80 Å². The molecule has 1 aromatic carbocycles. The molecule has 2 aromatic rings. The fraction of sp³-hybridized carbons (Fsp3) is 0.412. The van der Waals surface area contributed by atoms with Crippen LogP contribution < -0.4 is 10.5 Å². The van der Waals surface area contributed by atoms with Crippen LogP contribution in [-0.4, -0.2) is 48.3 Å². The van der Waals surface area contributed by atoms with Gasteiger partial charge in [-0.25, -0.2) is 5.10 Å². The number of aromatic amines is 1. The highest BCUT2D eigenvalue weighted by Crippen LogP contribution is 2.28. The number of hydrogen-bond acceptors (Lipinski definition) is 4. The quantitative estimate of drug-likeness (QED) is 0.940. The second-order valence-corrected chi connectivity index (χ2v) is 6.16. The highest BCUT2D eigenvalue weighted by Gasteiger charge is 2.24. The van der Waals surface area contributed by atoms with Gasteiger partial charge in [-0.15, -0.1) is 0 Å². The monoisotopic (exact) mass is 298 g/mol. The van der Waals surface area contributed by atoms with Gasteiger partial charge in [-0.05, 0) is 51.2 Å². The van der Waals surface area contributed by atoms with Crippen LogP contribution in [0.5, 0.6) is 0 Å². The average Bonchev–Trinajstić information content (AvgIpc) is 2.98. The fourth-order valence-corrected chi connectivity index (χ4v) is 3.06. The first-order valence-electron chi connectivity index (χ1n) is 7.63. The molecule has 1 fully saturated rings. The van der Waals surface area contributed by atoms with Gasteiger partial charge in [0.2, 0.25) is 0 Å². The van der Waals surface area contributed by atoms with Gasteiger partial charge in [0, 0.05) is 36.4 Å². The summed E-state index contributed by atoms with van der Waals surface area (Å²) in [6.07, 6.45) is 1.20. The van der Waals surface area contributed by atoms with Crippen molar-refractivity contribution in [2.75, 3.05) is 32.1 Å². The molecule has 0 saturated carbocycles. The molecule has 0 spiro atoms. The zero-order valence-corrected chi connectivity index (χ0v) is 13.3. The molecule has 0 radical (unpaired) electrons. The molecular formula is C17H22N4O. The van der Waals surface area contributed by atoms with Gasteiger partial charge in [-0.3, -0.25) is 4.79 Å². The lowest BCUT2D eigenvalue weighted by atomic mass is 10.1. The Kier molecular flexibility index (Phi) is 3.98. The predicted octanol–water partition coefficient (Wildman–Crippen LogP) is 1.89. The smallest absolute Gasteiger partial charge is 0.264 e. The van der Waals surface area contributed by atoms with Gasteiger partial charge >= 0.3 is 0 Å². The number of likely N-dealkylation sites (N-methyl/N-ethyl adjacent to an activating group) is 1. The third kappa shape index (κ3) is 2.90. The lowest BCUT2D eigenvalue weighted by Crippen LogP contribution is -2.31. The van der Waals surface area contributed by atoms with Crippen LogP contribution in [0, 0.1) is 6.92 Å². The molecule has 3 rings (SSSR count). The van der Waals surface area contributed by atoms with Gasteiger partial charge in [0.1, 0.15) is 0 Å². The highest BCUT2D eigenvalue weighted by molar-refractivity contribution is 5.66. The maximum absolute atomic E-state index is 11.1. The molecule has 1 N–H and O–H groups in total. The van der Waals surface area contributed by atoms with E-state index in [4.69, 9.17) is 0 Å². The van der Waals surface area contributed by atoms with Crippen molar-refractivity contribution in [1.82, 2.24) is 15.1 Å². The molecule has 0 unspecified atom stereocenters. The average molecular weight is 298 g/mol. The molecule has 2 heterocycles. The number of aromatic nitrogens is 2. The Morgan fingerprint density at radius 3 is 2.68 bits per heavy atom. The van der Waals surface area contributed by atoms with Gasteiger partial charge in [0.15, 0.2) is 0 Å². The van der Waals surface area contributed by atoms with Crippen LogP contribution >= 0.6 is 0 Å². The minimum atomic E-state index is -0.177. The number of rotatable bonds is 3. The number of nitrogens with zero attached hydrogens (tertiary/aromatic N) is 3. The lowest BCUT2D eigenvalue weighted by Gasteiger charge is -2.23. The van der Waals surface area contributed by atoms with Crippen LogP contribution in [0.1, 0.15) is 12.0 Å². The summed E-state index contributed by atoms with van der Waals surface area (Å²) in [5.74, 6) is 0. The van der Waals surface area contributed by atoms with Crippen LogP contribution in [0.25, 0.3) is 11.3 Å².